The van der Waals surface area contributed by atoms with Crippen molar-refractivity contribution in [3.05, 3.63) is 86.8 Å². The number of aromatic nitrogens is 2. The Hall–Kier alpha value is -3.06. The molecule has 1 heterocycles. The second kappa shape index (κ2) is 8.31. The van der Waals surface area contributed by atoms with Crippen molar-refractivity contribution < 1.29 is 13.6 Å². The van der Waals surface area contributed by atoms with Crippen molar-refractivity contribution in [2.45, 2.75) is 20.0 Å². The molecule has 0 aliphatic rings. The molecule has 1 aromatic heterocycles. The predicted molar refractivity (Wildman–Crippen MR) is 102 cm³/mol. The van der Waals surface area contributed by atoms with E-state index in [-0.39, 0.29) is 23.9 Å². The Kier molecular flexibility index (Phi) is 5.84. The molecule has 0 fully saturated rings. The number of rotatable bonds is 5. The predicted octanol–water partition coefficient (Wildman–Crippen LogP) is 3.47. The standard InChI is InChI=1S/C20H16ClF2N3O2/c1-12-8-19(28)26(20(25-12)14-3-5-15(22)6-4-14)11-18(27)24-10-13-2-7-17(23)16(21)9-13/h2-9H,10-11H2,1H3,(H,24,27). The minimum Gasteiger partial charge on any atom is -0.350 e. The first-order valence-corrected chi connectivity index (χ1v) is 8.76. The van der Waals surface area contributed by atoms with Gasteiger partial charge in [-0.2, -0.15) is 0 Å². The average Bonchev–Trinajstić information content (AvgIpc) is 2.65. The molecule has 0 bridgehead atoms. The van der Waals surface area contributed by atoms with Gasteiger partial charge < -0.3 is 5.32 Å². The van der Waals surface area contributed by atoms with Crippen LogP contribution in [0.25, 0.3) is 11.4 Å². The van der Waals surface area contributed by atoms with Gasteiger partial charge >= 0.3 is 0 Å². The number of halogens is 3. The highest BCUT2D eigenvalue weighted by Gasteiger charge is 2.13. The first-order chi connectivity index (χ1) is 13.3. The number of nitrogens with one attached hydrogen (secondary N) is 1. The number of hydrogen-bond acceptors (Lipinski definition) is 3. The molecule has 28 heavy (non-hydrogen) atoms. The molecule has 144 valence electrons. The summed E-state index contributed by atoms with van der Waals surface area (Å²) in [6, 6.07) is 11.0. The lowest BCUT2D eigenvalue weighted by Gasteiger charge is -2.13. The van der Waals surface area contributed by atoms with E-state index in [9.17, 15) is 18.4 Å². The van der Waals surface area contributed by atoms with Gasteiger partial charge in [-0.15, -0.1) is 0 Å². The van der Waals surface area contributed by atoms with Crippen LogP contribution in [0.4, 0.5) is 8.78 Å². The Balaban J connectivity index is 1.81. The lowest BCUT2D eigenvalue weighted by atomic mass is 10.2. The molecule has 0 aliphatic carbocycles. The number of amides is 1. The van der Waals surface area contributed by atoms with Crippen molar-refractivity contribution in [1.29, 1.82) is 0 Å². The maximum Gasteiger partial charge on any atom is 0.254 e. The van der Waals surface area contributed by atoms with Crippen molar-refractivity contribution in [1.82, 2.24) is 14.9 Å². The monoisotopic (exact) mass is 403 g/mol. The quantitative estimate of drug-likeness (QED) is 0.709. The molecule has 0 radical (unpaired) electrons. The van der Waals surface area contributed by atoms with Crippen LogP contribution in [0.3, 0.4) is 0 Å². The lowest BCUT2D eigenvalue weighted by molar-refractivity contribution is -0.121. The minimum atomic E-state index is -0.544. The highest BCUT2D eigenvalue weighted by molar-refractivity contribution is 6.30. The summed E-state index contributed by atoms with van der Waals surface area (Å²) in [5.41, 5.74) is 1.22. The van der Waals surface area contributed by atoms with Crippen molar-refractivity contribution in [3.63, 3.8) is 0 Å². The van der Waals surface area contributed by atoms with Crippen LogP contribution in [0.15, 0.2) is 53.3 Å². The molecular formula is C20H16ClF2N3O2. The summed E-state index contributed by atoms with van der Waals surface area (Å²) >= 11 is 5.73. The second-order valence-electron chi connectivity index (χ2n) is 6.18. The number of benzene rings is 2. The Morgan fingerprint density at radius 3 is 2.54 bits per heavy atom. The molecule has 8 heteroatoms. The van der Waals surface area contributed by atoms with Crippen LogP contribution < -0.4 is 10.9 Å². The van der Waals surface area contributed by atoms with E-state index < -0.39 is 23.1 Å². The second-order valence-corrected chi connectivity index (χ2v) is 6.58. The number of hydrogen-bond donors (Lipinski definition) is 1. The molecule has 0 spiro atoms. The Morgan fingerprint density at radius 1 is 1.14 bits per heavy atom. The largest absolute Gasteiger partial charge is 0.350 e. The van der Waals surface area contributed by atoms with E-state index in [0.29, 0.717) is 16.8 Å². The zero-order valence-corrected chi connectivity index (χ0v) is 15.6. The molecule has 3 rings (SSSR count). The van der Waals surface area contributed by atoms with Crippen molar-refractivity contribution in [3.8, 4) is 11.4 Å². The maximum absolute atomic E-state index is 13.2. The van der Waals surface area contributed by atoms with E-state index >= 15 is 0 Å². The Labute approximate surface area is 164 Å². The van der Waals surface area contributed by atoms with Gasteiger partial charge in [0, 0.05) is 23.9 Å². The minimum absolute atomic E-state index is 0.0377. The topological polar surface area (TPSA) is 64.0 Å². The molecule has 5 nitrogen and oxygen atoms in total. The third kappa shape index (κ3) is 4.61. The summed E-state index contributed by atoms with van der Waals surface area (Å²) in [7, 11) is 0. The molecular weight excluding hydrogens is 388 g/mol. The third-order valence-corrected chi connectivity index (χ3v) is 4.30. The number of carbonyl (C=O) groups excluding carboxylic acids is 1. The van der Waals surface area contributed by atoms with E-state index in [0.717, 1.165) is 0 Å². The number of nitrogens with zero attached hydrogens (tertiary/aromatic N) is 2. The van der Waals surface area contributed by atoms with Gasteiger partial charge in [0.2, 0.25) is 5.91 Å². The zero-order valence-electron chi connectivity index (χ0n) is 14.9. The maximum atomic E-state index is 13.2. The summed E-state index contributed by atoms with van der Waals surface area (Å²) in [6.45, 7) is 1.52. The van der Waals surface area contributed by atoms with E-state index in [4.69, 9.17) is 11.6 Å². The van der Waals surface area contributed by atoms with E-state index in [2.05, 4.69) is 10.3 Å². The molecule has 0 saturated carbocycles. The van der Waals surface area contributed by atoms with Crippen LogP contribution in [-0.2, 0) is 17.9 Å². The van der Waals surface area contributed by atoms with Gasteiger partial charge in [0.1, 0.15) is 24.0 Å². The molecule has 1 amide bonds. The Bertz CT molecular complexity index is 1080. The van der Waals surface area contributed by atoms with Crippen LogP contribution >= 0.6 is 11.6 Å². The normalized spacial score (nSPS) is 10.7. The van der Waals surface area contributed by atoms with Gasteiger partial charge in [0.25, 0.3) is 5.56 Å². The molecule has 3 aromatic rings. The van der Waals surface area contributed by atoms with Crippen LogP contribution in [0.1, 0.15) is 11.3 Å². The van der Waals surface area contributed by atoms with Gasteiger partial charge in [-0.1, -0.05) is 17.7 Å². The fourth-order valence-corrected chi connectivity index (χ4v) is 2.85. The zero-order chi connectivity index (χ0) is 20.3. The fourth-order valence-electron chi connectivity index (χ4n) is 2.64. The van der Waals surface area contributed by atoms with Crippen molar-refractivity contribution >= 4 is 17.5 Å². The van der Waals surface area contributed by atoms with E-state index in [1.165, 1.54) is 53.1 Å². The molecule has 0 unspecified atom stereocenters. The summed E-state index contributed by atoms with van der Waals surface area (Å²) in [4.78, 5) is 29.1. The summed E-state index contributed by atoms with van der Waals surface area (Å²) in [5.74, 6) is -1.12. The van der Waals surface area contributed by atoms with Crippen LogP contribution in [-0.4, -0.2) is 15.5 Å². The molecule has 0 atom stereocenters. The molecule has 0 aliphatic heterocycles. The molecule has 0 saturated heterocycles. The summed E-state index contributed by atoms with van der Waals surface area (Å²) in [6.07, 6.45) is 0. The van der Waals surface area contributed by atoms with Crippen molar-refractivity contribution in [2.24, 2.45) is 0 Å². The highest BCUT2D eigenvalue weighted by Crippen LogP contribution is 2.17. The lowest BCUT2D eigenvalue weighted by Crippen LogP contribution is -2.33. The number of aryl methyl sites for hydroxylation is 1. The first kappa shape index (κ1) is 19.7. The van der Waals surface area contributed by atoms with Crippen molar-refractivity contribution in [2.75, 3.05) is 0 Å². The van der Waals surface area contributed by atoms with Crippen LogP contribution in [0.5, 0.6) is 0 Å². The molecule has 2 aromatic carbocycles. The van der Waals surface area contributed by atoms with Gasteiger partial charge in [0.05, 0.1) is 5.02 Å². The summed E-state index contributed by atoms with van der Waals surface area (Å²) in [5, 5.41) is 2.62. The highest BCUT2D eigenvalue weighted by atomic mass is 35.5. The van der Waals surface area contributed by atoms with E-state index in [1.807, 2.05) is 0 Å². The van der Waals surface area contributed by atoms with Gasteiger partial charge in [-0.3, -0.25) is 14.2 Å². The molecule has 1 N–H and O–H groups in total. The van der Waals surface area contributed by atoms with Crippen LogP contribution in [0.2, 0.25) is 5.02 Å². The third-order valence-electron chi connectivity index (χ3n) is 4.01. The SMILES string of the molecule is Cc1cc(=O)n(CC(=O)NCc2ccc(F)c(Cl)c2)c(-c2ccc(F)cc2)n1. The van der Waals surface area contributed by atoms with Gasteiger partial charge in [0.15, 0.2) is 0 Å². The van der Waals surface area contributed by atoms with Crippen LogP contribution in [0, 0.1) is 18.6 Å². The van der Waals surface area contributed by atoms with Gasteiger partial charge in [-0.05, 0) is 48.9 Å². The summed E-state index contributed by atoms with van der Waals surface area (Å²) < 4.78 is 27.6. The van der Waals surface area contributed by atoms with E-state index in [1.54, 1.807) is 6.92 Å². The smallest absolute Gasteiger partial charge is 0.254 e. The first-order valence-electron chi connectivity index (χ1n) is 8.38. The average molecular weight is 404 g/mol. The number of carbonyl (C=O) groups is 1. The fraction of sp³-hybridized carbons (Fsp3) is 0.150. The van der Waals surface area contributed by atoms with Gasteiger partial charge in [-0.25, -0.2) is 13.8 Å². The Morgan fingerprint density at radius 2 is 1.86 bits per heavy atom.